The third-order valence-corrected chi connectivity index (χ3v) is 8.56. The number of fused-ring (bicyclic) bond motifs is 2. The molecule has 2 heterocycles. The van der Waals surface area contributed by atoms with Gasteiger partial charge in [0, 0.05) is 30.4 Å². The van der Waals surface area contributed by atoms with Crippen molar-refractivity contribution < 1.29 is 51.5 Å². The van der Waals surface area contributed by atoms with Crippen molar-refractivity contribution in [2.75, 3.05) is 33.0 Å². The van der Waals surface area contributed by atoms with Gasteiger partial charge < -0.3 is 33.5 Å². The molecule has 8 nitrogen and oxygen atoms in total. The number of carboxylic acid groups (broad SMARTS) is 1. The number of aliphatic carboxylic acids is 1. The van der Waals surface area contributed by atoms with Crippen LogP contribution in [0.25, 0.3) is 0 Å². The van der Waals surface area contributed by atoms with Gasteiger partial charge in [0.1, 0.15) is 24.1 Å². The highest BCUT2D eigenvalue weighted by Crippen LogP contribution is 2.53. The Morgan fingerprint density at radius 3 is 2.13 bits per heavy atom. The molecule has 2 aromatic rings. The summed E-state index contributed by atoms with van der Waals surface area (Å²) in [7, 11) is 0. The maximum Gasteiger partial charge on any atom is 0.422 e. The standard InChI is InChI=1S/C34H44ClF3O8/c1-4-7-16-41-28-29(42-17-8-5-2)32(31(39)40)21-45-34(46-32,30(28)43-18-9-6-3)25-12-15-27(35)24(20-25)19-23-10-13-26(14-11-23)44-22-33(36,37)38/h10-15,20,28-30H,4-9,16-19,21-22H2,1-3H3,(H,39,40)/t28-,29-,30+,32-,34-/m0/s1. The fraction of sp³-hybridized carbons (Fsp3) is 0.618. The molecule has 2 fully saturated rings. The van der Waals surface area contributed by atoms with Gasteiger partial charge in [-0.05, 0) is 61.1 Å². The Kier molecular flexibility index (Phi) is 12.8. The lowest BCUT2D eigenvalue weighted by Crippen LogP contribution is -2.69. The third-order valence-electron chi connectivity index (χ3n) is 8.20. The fourth-order valence-electron chi connectivity index (χ4n) is 5.70. The SMILES string of the molecule is CCCCO[C@@H]1[C@@H](OCCCC)[C@@]2(c3ccc(Cl)c(Cc4ccc(OCC(F)(F)F)cc4)c3)OC[C@](C(=O)O)(O2)[C@H]1OCCCC. The van der Waals surface area contributed by atoms with Crippen molar-refractivity contribution in [2.45, 2.75) is 102 Å². The predicted octanol–water partition coefficient (Wildman–Crippen LogP) is 7.46. The Balaban J connectivity index is 1.71. The Morgan fingerprint density at radius 2 is 1.54 bits per heavy atom. The average molecular weight is 673 g/mol. The summed E-state index contributed by atoms with van der Waals surface area (Å²) in [4.78, 5) is 13.0. The quantitative estimate of drug-likeness (QED) is 0.163. The molecule has 256 valence electrons. The van der Waals surface area contributed by atoms with Gasteiger partial charge in [-0.25, -0.2) is 4.79 Å². The van der Waals surface area contributed by atoms with E-state index in [1.54, 1.807) is 30.3 Å². The number of hydrogen-bond donors (Lipinski definition) is 1. The summed E-state index contributed by atoms with van der Waals surface area (Å²) in [5.41, 5.74) is 0.113. The maximum absolute atomic E-state index is 13.0. The zero-order valence-electron chi connectivity index (χ0n) is 26.6. The highest BCUT2D eigenvalue weighted by molar-refractivity contribution is 6.31. The first-order chi connectivity index (χ1) is 22.0. The number of alkyl halides is 3. The van der Waals surface area contributed by atoms with E-state index in [-0.39, 0.29) is 12.4 Å². The lowest BCUT2D eigenvalue weighted by atomic mass is 9.82. The zero-order chi connectivity index (χ0) is 33.4. The van der Waals surface area contributed by atoms with Crippen molar-refractivity contribution in [2.24, 2.45) is 0 Å². The van der Waals surface area contributed by atoms with Crippen LogP contribution < -0.4 is 4.74 Å². The van der Waals surface area contributed by atoms with E-state index < -0.39 is 48.5 Å². The lowest BCUT2D eigenvalue weighted by Gasteiger charge is -2.49. The van der Waals surface area contributed by atoms with Crippen LogP contribution in [0, 0.1) is 0 Å². The minimum atomic E-state index is -4.44. The molecule has 12 heteroatoms. The molecule has 2 aromatic carbocycles. The van der Waals surface area contributed by atoms with Gasteiger partial charge in [-0.2, -0.15) is 13.2 Å². The van der Waals surface area contributed by atoms with Crippen LogP contribution in [-0.4, -0.2) is 74.2 Å². The van der Waals surface area contributed by atoms with Crippen LogP contribution >= 0.6 is 11.6 Å². The second-order valence-electron chi connectivity index (χ2n) is 11.8. The summed E-state index contributed by atoms with van der Waals surface area (Å²) in [6.45, 7) is 5.53. The van der Waals surface area contributed by atoms with Crippen LogP contribution in [0.2, 0.25) is 5.02 Å². The second-order valence-corrected chi connectivity index (χ2v) is 12.2. The topological polar surface area (TPSA) is 92.7 Å². The smallest absolute Gasteiger partial charge is 0.422 e. The summed E-state index contributed by atoms with van der Waals surface area (Å²) in [5.74, 6) is -2.76. The van der Waals surface area contributed by atoms with E-state index in [9.17, 15) is 23.1 Å². The zero-order valence-corrected chi connectivity index (χ0v) is 27.3. The molecule has 2 bridgehead atoms. The fourth-order valence-corrected chi connectivity index (χ4v) is 5.88. The number of benzene rings is 2. The Bertz CT molecular complexity index is 1280. The van der Waals surface area contributed by atoms with Crippen LogP contribution in [0.4, 0.5) is 13.2 Å². The molecular weight excluding hydrogens is 629 g/mol. The van der Waals surface area contributed by atoms with Crippen molar-refractivity contribution in [3.8, 4) is 5.75 Å². The molecule has 0 unspecified atom stereocenters. The van der Waals surface area contributed by atoms with Crippen LogP contribution in [0.1, 0.15) is 76.0 Å². The molecule has 0 aromatic heterocycles. The highest BCUT2D eigenvalue weighted by Gasteiger charge is 2.72. The molecule has 2 aliphatic rings. The van der Waals surface area contributed by atoms with Gasteiger partial charge in [0.2, 0.25) is 11.4 Å². The lowest BCUT2D eigenvalue weighted by molar-refractivity contribution is -0.341. The van der Waals surface area contributed by atoms with Gasteiger partial charge in [-0.3, -0.25) is 0 Å². The Labute approximate surface area is 273 Å². The van der Waals surface area contributed by atoms with Gasteiger partial charge in [0.25, 0.3) is 0 Å². The average Bonchev–Trinajstić information content (AvgIpc) is 3.39. The molecule has 1 N–H and O–H groups in total. The monoisotopic (exact) mass is 672 g/mol. The molecule has 0 aliphatic carbocycles. The largest absolute Gasteiger partial charge is 0.484 e. The van der Waals surface area contributed by atoms with Gasteiger partial charge in [-0.15, -0.1) is 0 Å². The van der Waals surface area contributed by atoms with Crippen LogP contribution in [-0.2, 0) is 40.7 Å². The van der Waals surface area contributed by atoms with E-state index in [0.717, 1.165) is 44.1 Å². The first-order valence-electron chi connectivity index (χ1n) is 16.0. The number of unbranched alkanes of at least 4 members (excludes halogenated alkanes) is 3. The molecule has 4 rings (SSSR count). The molecular formula is C34H44ClF3O8. The molecule has 2 aliphatic heterocycles. The highest BCUT2D eigenvalue weighted by atomic mass is 35.5. The molecule has 5 atom stereocenters. The van der Waals surface area contributed by atoms with Crippen molar-refractivity contribution >= 4 is 17.6 Å². The van der Waals surface area contributed by atoms with E-state index in [2.05, 4.69) is 0 Å². The first kappa shape index (κ1) is 36.4. The molecule has 0 spiro atoms. The Morgan fingerprint density at radius 1 is 0.935 bits per heavy atom. The van der Waals surface area contributed by atoms with Crippen LogP contribution in [0.5, 0.6) is 5.75 Å². The summed E-state index contributed by atoms with van der Waals surface area (Å²) >= 11 is 6.64. The summed E-state index contributed by atoms with van der Waals surface area (Å²) < 4.78 is 74.7. The number of ether oxygens (including phenoxy) is 6. The van der Waals surface area contributed by atoms with E-state index in [1.165, 1.54) is 12.1 Å². The van der Waals surface area contributed by atoms with Crippen LogP contribution in [0.3, 0.4) is 0 Å². The van der Waals surface area contributed by atoms with Crippen molar-refractivity contribution in [1.82, 2.24) is 0 Å². The Hall–Kier alpha value is -2.41. The summed E-state index contributed by atoms with van der Waals surface area (Å²) in [6, 6.07) is 11.5. The predicted molar refractivity (Wildman–Crippen MR) is 165 cm³/mol. The summed E-state index contributed by atoms with van der Waals surface area (Å²) in [5, 5.41) is 11.1. The minimum Gasteiger partial charge on any atom is -0.484 e. The van der Waals surface area contributed by atoms with Gasteiger partial charge in [0.15, 0.2) is 6.61 Å². The van der Waals surface area contributed by atoms with Crippen molar-refractivity contribution in [3.63, 3.8) is 0 Å². The summed E-state index contributed by atoms with van der Waals surface area (Å²) in [6.07, 6.45) is -1.89. The molecule has 46 heavy (non-hydrogen) atoms. The van der Waals surface area contributed by atoms with E-state index in [1.807, 2.05) is 20.8 Å². The van der Waals surface area contributed by atoms with E-state index in [0.29, 0.717) is 42.4 Å². The van der Waals surface area contributed by atoms with Crippen molar-refractivity contribution in [1.29, 1.82) is 0 Å². The van der Waals surface area contributed by atoms with Gasteiger partial charge in [0.05, 0.1) is 6.61 Å². The van der Waals surface area contributed by atoms with Gasteiger partial charge >= 0.3 is 12.1 Å². The molecule has 0 radical (unpaired) electrons. The van der Waals surface area contributed by atoms with E-state index in [4.69, 9.17) is 40.0 Å². The normalized spacial score (nSPS) is 25.9. The van der Waals surface area contributed by atoms with Gasteiger partial charge in [-0.1, -0.05) is 69.8 Å². The van der Waals surface area contributed by atoms with Crippen molar-refractivity contribution in [3.05, 3.63) is 64.2 Å². The number of hydrogen-bond acceptors (Lipinski definition) is 7. The number of halogens is 4. The second kappa shape index (κ2) is 16.1. The number of rotatable bonds is 18. The third kappa shape index (κ3) is 8.35. The number of carboxylic acids is 1. The first-order valence-corrected chi connectivity index (χ1v) is 16.4. The number of carbonyl (C=O) groups is 1. The molecule has 2 saturated heterocycles. The van der Waals surface area contributed by atoms with Crippen LogP contribution in [0.15, 0.2) is 42.5 Å². The minimum absolute atomic E-state index is 0.0941. The maximum atomic E-state index is 13.0. The van der Waals surface area contributed by atoms with E-state index >= 15 is 0 Å². The molecule has 0 amide bonds. The molecule has 0 saturated carbocycles.